The van der Waals surface area contributed by atoms with Crippen LogP contribution < -0.4 is 10.1 Å². The summed E-state index contributed by atoms with van der Waals surface area (Å²) >= 11 is 0. The molecule has 7 heteroatoms. The third-order valence-electron chi connectivity index (χ3n) is 5.38. The highest BCUT2D eigenvalue weighted by molar-refractivity contribution is 5.96. The quantitative estimate of drug-likeness (QED) is 0.624. The maximum absolute atomic E-state index is 12.5. The lowest BCUT2D eigenvalue weighted by molar-refractivity contribution is -0.131. The number of carbonyl (C=O) groups is 2. The fourth-order valence-electron chi connectivity index (χ4n) is 3.57. The van der Waals surface area contributed by atoms with Crippen LogP contribution in [0.15, 0.2) is 79.1 Å². The summed E-state index contributed by atoms with van der Waals surface area (Å²) in [6.07, 6.45) is 3.59. The molecule has 7 nitrogen and oxygen atoms in total. The number of aromatic nitrogens is 1. The van der Waals surface area contributed by atoms with E-state index in [9.17, 15) is 9.59 Å². The number of hydrogen-bond donors (Lipinski definition) is 1. The van der Waals surface area contributed by atoms with Crippen molar-refractivity contribution in [2.24, 2.45) is 0 Å². The average molecular weight is 431 g/mol. The van der Waals surface area contributed by atoms with Gasteiger partial charge in [-0.1, -0.05) is 18.2 Å². The van der Waals surface area contributed by atoms with Gasteiger partial charge in [0.05, 0.1) is 6.54 Å². The number of rotatable bonds is 7. The molecule has 1 N–H and O–H groups in total. The van der Waals surface area contributed by atoms with Crippen LogP contribution >= 0.6 is 0 Å². The number of benzene rings is 2. The van der Waals surface area contributed by atoms with Crippen molar-refractivity contribution in [1.29, 1.82) is 0 Å². The van der Waals surface area contributed by atoms with Gasteiger partial charge in [-0.2, -0.15) is 0 Å². The van der Waals surface area contributed by atoms with Gasteiger partial charge in [-0.25, -0.2) is 0 Å². The molecule has 1 aromatic heterocycles. The molecule has 0 bridgehead atoms. The summed E-state index contributed by atoms with van der Waals surface area (Å²) in [5.41, 5.74) is 1.70. The molecule has 2 heterocycles. The molecule has 1 saturated heterocycles. The zero-order valence-electron chi connectivity index (χ0n) is 17.8. The Balaban J connectivity index is 1.20. The Labute approximate surface area is 187 Å². The van der Waals surface area contributed by atoms with E-state index in [2.05, 4.69) is 15.2 Å². The zero-order chi connectivity index (χ0) is 22.2. The zero-order valence-corrected chi connectivity index (χ0v) is 17.8. The van der Waals surface area contributed by atoms with Gasteiger partial charge in [-0.15, -0.1) is 0 Å². The molecule has 32 heavy (non-hydrogen) atoms. The molecule has 1 aliphatic rings. The third kappa shape index (κ3) is 5.92. The standard InChI is InChI=1S/C25H26N4O3/c30-24(29-16-14-28(15-17-29)19-20-10-12-26-13-11-20)18-27-25(31)21-6-8-23(9-7-21)32-22-4-2-1-3-5-22/h1-13H,14-19H2,(H,27,31). The van der Waals surface area contributed by atoms with Gasteiger partial charge in [-0.3, -0.25) is 19.5 Å². The number of amides is 2. The molecule has 0 radical (unpaired) electrons. The van der Waals surface area contributed by atoms with Crippen molar-refractivity contribution in [2.75, 3.05) is 32.7 Å². The molecule has 1 fully saturated rings. The molecule has 0 unspecified atom stereocenters. The third-order valence-corrected chi connectivity index (χ3v) is 5.38. The van der Waals surface area contributed by atoms with E-state index >= 15 is 0 Å². The molecular weight excluding hydrogens is 404 g/mol. The summed E-state index contributed by atoms with van der Waals surface area (Å²) in [5, 5.41) is 2.72. The SMILES string of the molecule is O=C(NCC(=O)N1CCN(Cc2ccncc2)CC1)c1ccc(Oc2ccccc2)cc1. The Morgan fingerprint density at radius 1 is 0.844 bits per heavy atom. The van der Waals surface area contributed by atoms with Crippen LogP contribution in [0.4, 0.5) is 0 Å². The normalized spacial score (nSPS) is 14.1. The summed E-state index contributed by atoms with van der Waals surface area (Å²) in [4.78, 5) is 33.1. The first kappa shape index (κ1) is 21.5. The van der Waals surface area contributed by atoms with Crippen molar-refractivity contribution < 1.29 is 14.3 Å². The van der Waals surface area contributed by atoms with Crippen LogP contribution in [-0.4, -0.2) is 59.3 Å². The highest BCUT2D eigenvalue weighted by Gasteiger charge is 2.21. The summed E-state index contributed by atoms with van der Waals surface area (Å²) in [6, 6.07) is 20.3. The number of piperazine rings is 1. The second-order valence-electron chi connectivity index (χ2n) is 7.63. The van der Waals surface area contributed by atoms with Crippen molar-refractivity contribution >= 4 is 11.8 Å². The molecular formula is C25H26N4O3. The second-order valence-corrected chi connectivity index (χ2v) is 7.63. The van der Waals surface area contributed by atoms with Crippen molar-refractivity contribution in [1.82, 2.24) is 20.1 Å². The molecule has 164 valence electrons. The smallest absolute Gasteiger partial charge is 0.251 e. The lowest BCUT2D eigenvalue weighted by atomic mass is 10.2. The average Bonchev–Trinajstić information content (AvgIpc) is 2.84. The summed E-state index contributed by atoms with van der Waals surface area (Å²) in [5.74, 6) is 1.04. The molecule has 1 aliphatic heterocycles. The maximum atomic E-state index is 12.5. The number of para-hydroxylation sites is 1. The van der Waals surface area contributed by atoms with Gasteiger partial charge in [0.2, 0.25) is 5.91 Å². The van der Waals surface area contributed by atoms with Crippen LogP contribution in [0, 0.1) is 0 Å². The Hall–Kier alpha value is -3.71. The lowest BCUT2D eigenvalue weighted by Crippen LogP contribution is -2.50. The van der Waals surface area contributed by atoms with E-state index in [0.717, 1.165) is 25.4 Å². The van der Waals surface area contributed by atoms with E-state index in [1.165, 1.54) is 5.56 Å². The highest BCUT2D eigenvalue weighted by Crippen LogP contribution is 2.21. The van der Waals surface area contributed by atoms with Gasteiger partial charge in [-0.05, 0) is 54.1 Å². The minimum Gasteiger partial charge on any atom is -0.457 e. The van der Waals surface area contributed by atoms with Gasteiger partial charge < -0.3 is 15.0 Å². The molecule has 0 aliphatic carbocycles. The summed E-state index contributed by atoms with van der Waals surface area (Å²) in [6.45, 7) is 3.78. The van der Waals surface area contributed by atoms with Crippen molar-refractivity contribution in [2.45, 2.75) is 6.54 Å². The van der Waals surface area contributed by atoms with Gasteiger partial charge >= 0.3 is 0 Å². The molecule has 3 aromatic rings. The first-order valence-electron chi connectivity index (χ1n) is 10.7. The van der Waals surface area contributed by atoms with E-state index in [1.54, 1.807) is 41.6 Å². The summed E-state index contributed by atoms with van der Waals surface area (Å²) < 4.78 is 5.74. The number of carbonyl (C=O) groups excluding carboxylic acids is 2. The van der Waals surface area contributed by atoms with Crippen LogP contribution in [0.2, 0.25) is 0 Å². The van der Waals surface area contributed by atoms with Crippen LogP contribution in [0.1, 0.15) is 15.9 Å². The van der Waals surface area contributed by atoms with Crippen LogP contribution in [0.5, 0.6) is 11.5 Å². The monoisotopic (exact) mass is 430 g/mol. The Morgan fingerprint density at radius 2 is 1.50 bits per heavy atom. The molecule has 4 rings (SSSR count). The van der Waals surface area contributed by atoms with Crippen LogP contribution in [0.25, 0.3) is 0 Å². The number of nitrogens with zero attached hydrogens (tertiary/aromatic N) is 3. The predicted octanol–water partition coefficient (Wildman–Crippen LogP) is 2.95. The second kappa shape index (κ2) is 10.5. The van der Waals surface area contributed by atoms with Crippen LogP contribution in [0.3, 0.4) is 0 Å². The van der Waals surface area contributed by atoms with Gasteiger partial charge in [0.15, 0.2) is 0 Å². The highest BCUT2D eigenvalue weighted by atomic mass is 16.5. The fraction of sp³-hybridized carbons (Fsp3) is 0.240. The number of hydrogen-bond acceptors (Lipinski definition) is 5. The maximum Gasteiger partial charge on any atom is 0.251 e. The Morgan fingerprint density at radius 3 is 2.19 bits per heavy atom. The topological polar surface area (TPSA) is 74.8 Å². The number of ether oxygens (including phenoxy) is 1. The summed E-state index contributed by atoms with van der Waals surface area (Å²) in [7, 11) is 0. The van der Waals surface area contributed by atoms with Crippen molar-refractivity contribution in [3.05, 3.63) is 90.3 Å². The minimum atomic E-state index is -0.277. The molecule has 0 atom stereocenters. The first-order valence-corrected chi connectivity index (χ1v) is 10.7. The van der Waals surface area contributed by atoms with Crippen molar-refractivity contribution in [3.63, 3.8) is 0 Å². The van der Waals surface area contributed by atoms with E-state index in [-0.39, 0.29) is 18.4 Å². The molecule has 0 spiro atoms. The minimum absolute atomic E-state index is 0.00848. The van der Waals surface area contributed by atoms with E-state index < -0.39 is 0 Å². The first-order chi connectivity index (χ1) is 15.7. The van der Waals surface area contributed by atoms with Gasteiger partial charge in [0, 0.05) is 50.7 Å². The Kier molecular flexibility index (Phi) is 7.09. The van der Waals surface area contributed by atoms with E-state index in [4.69, 9.17) is 4.74 Å². The number of nitrogens with one attached hydrogen (secondary N) is 1. The lowest BCUT2D eigenvalue weighted by Gasteiger charge is -2.34. The largest absolute Gasteiger partial charge is 0.457 e. The molecule has 2 aromatic carbocycles. The number of pyridine rings is 1. The van der Waals surface area contributed by atoms with Gasteiger partial charge in [0.1, 0.15) is 11.5 Å². The van der Waals surface area contributed by atoms with E-state index in [0.29, 0.717) is 24.4 Å². The Bertz CT molecular complexity index is 1020. The molecule has 2 amide bonds. The van der Waals surface area contributed by atoms with Crippen molar-refractivity contribution in [3.8, 4) is 11.5 Å². The van der Waals surface area contributed by atoms with Gasteiger partial charge in [0.25, 0.3) is 5.91 Å². The van der Waals surface area contributed by atoms with E-state index in [1.807, 2.05) is 42.5 Å². The van der Waals surface area contributed by atoms with Crippen LogP contribution in [-0.2, 0) is 11.3 Å². The predicted molar refractivity (Wildman–Crippen MR) is 121 cm³/mol. The molecule has 0 saturated carbocycles. The fourth-order valence-corrected chi connectivity index (χ4v) is 3.57.